The lowest BCUT2D eigenvalue weighted by Crippen LogP contribution is -2.40. The molecule has 1 fully saturated rings. The van der Waals surface area contributed by atoms with Crippen molar-refractivity contribution in [2.24, 2.45) is 5.92 Å². The molecule has 1 saturated heterocycles. The van der Waals surface area contributed by atoms with Crippen molar-refractivity contribution in [3.05, 3.63) is 35.5 Å². The maximum Gasteiger partial charge on any atom is 0.246 e. The summed E-state index contributed by atoms with van der Waals surface area (Å²) in [5, 5.41) is 7.67. The Bertz CT molecular complexity index is 927. The summed E-state index contributed by atoms with van der Waals surface area (Å²) < 4.78 is 6.24. The summed E-state index contributed by atoms with van der Waals surface area (Å²) >= 11 is 1.72. The molecule has 1 aliphatic rings. The molecule has 2 aromatic heterocycles. The van der Waals surface area contributed by atoms with Crippen molar-refractivity contribution < 1.29 is 9.32 Å². The van der Waals surface area contributed by atoms with Crippen LogP contribution in [0.2, 0.25) is 0 Å². The Balaban J connectivity index is 1.33. The molecule has 1 N–H and O–H groups in total. The Hall–Kier alpha value is -2.48. The van der Waals surface area contributed by atoms with E-state index in [1.54, 1.807) is 18.3 Å². The minimum atomic E-state index is 0.0203. The average Bonchev–Trinajstić information content (AvgIpc) is 3.25. The number of hydrogen-bond acceptors (Lipinski definition) is 7. The summed E-state index contributed by atoms with van der Waals surface area (Å²) in [7, 11) is 0. The molecule has 0 atom stereocenters. The normalized spacial score (nSPS) is 15.5. The van der Waals surface area contributed by atoms with Gasteiger partial charge in [0.05, 0.1) is 16.8 Å². The van der Waals surface area contributed by atoms with Gasteiger partial charge >= 0.3 is 0 Å². The van der Waals surface area contributed by atoms with Gasteiger partial charge in [-0.25, -0.2) is 4.98 Å². The minimum absolute atomic E-state index is 0.0203. The predicted octanol–water partition coefficient (Wildman–Crippen LogP) is 2.83. The fraction of sp³-hybridized carbons (Fsp3) is 0.444. The second-order valence-electron chi connectivity index (χ2n) is 6.68. The molecule has 4 rings (SSSR count). The van der Waals surface area contributed by atoms with Gasteiger partial charge in [0.2, 0.25) is 11.8 Å². The number of anilines is 1. The number of carbonyl (C=O) groups excluding carboxylic acids is 1. The van der Waals surface area contributed by atoms with Gasteiger partial charge in [0.15, 0.2) is 11.0 Å². The Kier molecular flexibility index (Phi) is 4.58. The van der Waals surface area contributed by atoms with Gasteiger partial charge in [-0.05, 0) is 44.4 Å². The number of rotatable bonds is 4. The molecule has 0 bridgehead atoms. The second kappa shape index (κ2) is 7.03. The first-order chi connectivity index (χ1) is 12.6. The number of thiazole rings is 1. The topological polar surface area (TPSA) is 84.2 Å². The minimum Gasteiger partial charge on any atom is -0.348 e. The molecule has 3 heterocycles. The third-order valence-corrected chi connectivity index (χ3v) is 5.73. The molecule has 26 heavy (non-hydrogen) atoms. The number of piperidine rings is 1. The van der Waals surface area contributed by atoms with E-state index in [9.17, 15) is 4.79 Å². The van der Waals surface area contributed by atoms with Gasteiger partial charge < -0.3 is 14.7 Å². The summed E-state index contributed by atoms with van der Waals surface area (Å²) in [5.74, 6) is 1.10. The van der Waals surface area contributed by atoms with Crippen LogP contribution in [0.25, 0.3) is 10.2 Å². The maximum atomic E-state index is 12.4. The second-order valence-corrected chi connectivity index (χ2v) is 7.69. The van der Waals surface area contributed by atoms with Gasteiger partial charge in [-0.1, -0.05) is 22.6 Å². The number of nitrogens with one attached hydrogen (secondary N) is 1. The fourth-order valence-electron chi connectivity index (χ4n) is 3.21. The Morgan fingerprint density at radius 1 is 1.31 bits per heavy atom. The molecule has 1 aromatic carbocycles. The highest BCUT2D eigenvalue weighted by molar-refractivity contribution is 7.22. The smallest absolute Gasteiger partial charge is 0.246 e. The molecule has 7 nitrogen and oxygen atoms in total. The van der Waals surface area contributed by atoms with E-state index in [2.05, 4.69) is 45.5 Å². The predicted molar refractivity (Wildman–Crippen MR) is 100 cm³/mol. The number of aryl methyl sites for hydroxylation is 2. The summed E-state index contributed by atoms with van der Waals surface area (Å²) in [6.07, 6.45) is 1.65. The van der Waals surface area contributed by atoms with Crippen molar-refractivity contribution in [2.45, 2.75) is 33.2 Å². The Labute approximate surface area is 155 Å². The molecule has 0 spiro atoms. The van der Waals surface area contributed by atoms with Crippen LogP contribution in [0, 0.1) is 19.8 Å². The molecule has 0 aliphatic carbocycles. The maximum absolute atomic E-state index is 12.4. The average molecular weight is 371 g/mol. The molecular weight excluding hydrogens is 350 g/mol. The van der Waals surface area contributed by atoms with Crippen LogP contribution in [0.4, 0.5) is 5.13 Å². The van der Waals surface area contributed by atoms with Crippen LogP contribution >= 0.6 is 11.3 Å². The summed E-state index contributed by atoms with van der Waals surface area (Å²) in [6, 6.07) is 6.34. The zero-order valence-corrected chi connectivity index (χ0v) is 15.7. The molecule has 1 aliphatic heterocycles. The zero-order chi connectivity index (χ0) is 18.1. The van der Waals surface area contributed by atoms with Crippen LogP contribution in [0.3, 0.4) is 0 Å². The highest BCUT2D eigenvalue weighted by Gasteiger charge is 2.26. The molecule has 8 heteroatoms. The van der Waals surface area contributed by atoms with Crippen LogP contribution in [0.1, 0.15) is 30.1 Å². The van der Waals surface area contributed by atoms with Crippen LogP contribution in [-0.2, 0) is 11.3 Å². The zero-order valence-electron chi connectivity index (χ0n) is 14.9. The van der Waals surface area contributed by atoms with Crippen LogP contribution in [0.15, 0.2) is 22.7 Å². The number of benzene rings is 1. The van der Waals surface area contributed by atoms with E-state index in [0.29, 0.717) is 11.7 Å². The molecule has 0 unspecified atom stereocenters. The molecule has 1 amide bonds. The SMILES string of the molecule is Cc1ccc2nc(N3CCC(C(=O)NCc4nc(C)no4)CC3)sc2c1. The summed E-state index contributed by atoms with van der Waals surface area (Å²) in [5.41, 5.74) is 2.30. The van der Waals surface area contributed by atoms with Crippen molar-refractivity contribution >= 4 is 32.6 Å². The lowest BCUT2D eigenvalue weighted by Gasteiger charge is -2.30. The fourth-order valence-corrected chi connectivity index (χ4v) is 4.32. The van der Waals surface area contributed by atoms with Gasteiger partial charge in [0, 0.05) is 19.0 Å². The van der Waals surface area contributed by atoms with Gasteiger partial charge in [-0.2, -0.15) is 4.98 Å². The van der Waals surface area contributed by atoms with Gasteiger partial charge in [0.25, 0.3) is 0 Å². The van der Waals surface area contributed by atoms with E-state index in [1.807, 2.05) is 0 Å². The first-order valence-electron chi connectivity index (χ1n) is 8.77. The largest absolute Gasteiger partial charge is 0.348 e. The number of carbonyl (C=O) groups is 1. The highest BCUT2D eigenvalue weighted by Crippen LogP contribution is 2.32. The third kappa shape index (κ3) is 3.55. The first kappa shape index (κ1) is 17.0. The van der Waals surface area contributed by atoms with E-state index in [-0.39, 0.29) is 18.4 Å². The molecular formula is C18H21N5O2S. The summed E-state index contributed by atoms with van der Waals surface area (Å²) in [4.78, 5) is 23.5. The third-order valence-electron chi connectivity index (χ3n) is 4.65. The molecule has 0 radical (unpaired) electrons. The van der Waals surface area contributed by atoms with E-state index in [1.165, 1.54) is 10.3 Å². The van der Waals surface area contributed by atoms with Crippen molar-refractivity contribution in [3.63, 3.8) is 0 Å². The van der Waals surface area contributed by atoms with Crippen molar-refractivity contribution in [1.82, 2.24) is 20.4 Å². The Morgan fingerprint density at radius 2 is 2.12 bits per heavy atom. The van der Waals surface area contributed by atoms with Crippen LogP contribution in [-0.4, -0.2) is 34.1 Å². The quantitative estimate of drug-likeness (QED) is 0.759. The van der Waals surface area contributed by atoms with E-state index >= 15 is 0 Å². The van der Waals surface area contributed by atoms with E-state index in [0.717, 1.165) is 36.6 Å². The molecule has 136 valence electrons. The van der Waals surface area contributed by atoms with Crippen LogP contribution < -0.4 is 10.2 Å². The monoisotopic (exact) mass is 371 g/mol. The lowest BCUT2D eigenvalue weighted by molar-refractivity contribution is -0.125. The standard InChI is InChI=1S/C18H21N5O2S/c1-11-3-4-14-15(9-11)26-18(21-14)23-7-5-13(6-8-23)17(24)19-10-16-20-12(2)22-25-16/h3-4,9,13H,5-8,10H2,1-2H3,(H,19,24). The molecule has 3 aromatic rings. The summed E-state index contributed by atoms with van der Waals surface area (Å²) in [6.45, 7) is 5.83. The van der Waals surface area contributed by atoms with Gasteiger partial charge in [-0.15, -0.1) is 0 Å². The van der Waals surface area contributed by atoms with E-state index < -0.39 is 0 Å². The lowest BCUT2D eigenvalue weighted by atomic mass is 9.96. The number of fused-ring (bicyclic) bond motifs is 1. The van der Waals surface area contributed by atoms with Gasteiger partial charge in [-0.3, -0.25) is 4.79 Å². The number of hydrogen-bond donors (Lipinski definition) is 1. The van der Waals surface area contributed by atoms with E-state index in [4.69, 9.17) is 9.51 Å². The first-order valence-corrected chi connectivity index (χ1v) is 9.59. The number of aromatic nitrogens is 3. The van der Waals surface area contributed by atoms with Crippen molar-refractivity contribution in [1.29, 1.82) is 0 Å². The number of nitrogens with zero attached hydrogens (tertiary/aromatic N) is 4. The highest BCUT2D eigenvalue weighted by atomic mass is 32.1. The van der Waals surface area contributed by atoms with Crippen molar-refractivity contribution in [2.75, 3.05) is 18.0 Å². The van der Waals surface area contributed by atoms with Crippen molar-refractivity contribution in [3.8, 4) is 0 Å². The van der Waals surface area contributed by atoms with Gasteiger partial charge in [0.1, 0.15) is 0 Å². The number of amides is 1. The molecule has 0 saturated carbocycles. The Morgan fingerprint density at radius 3 is 2.85 bits per heavy atom. The van der Waals surface area contributed by atoms with Crippen LogP contribution in [0.5, 0.6) is 0 Å².